The number of hydrogen-bond acceptors (Lipinski definition) is 3. The van der Waals surface area contributed by atoms with Crippen LogP contribution in [0.3, 0.4) is 0 Å². The average Bonchev–Trinajstić information content (AvgIpc) is 2.55. The van der Waals surface area contributed by atoms with Crippen molar-refractivity contribution in [3.05, 3.63) is 22.7 Å². The van der Waals surface area contributed by atoms with Crippen molar-refractivity contribution in [2.45, 2.75) is 9.10 Å². The Morgan fingerprint density at radius 3 is 2.92 bits per heavy atom. The summed E-state index contributed by atoms with van der Waals surface area (Å²) < 4.78 is 3.70. The number of thiophene rings is 1. The molecule has 1 heterocycles. The summed E-state index contributed by atoms with van der Waals surface area (Å²) in [5.74, 6) is 0. The summed E-state index contributed by atoms with van der Waals surface area (Å²) in [5.41, 5.74) is 0. The minimum atomic E-state index is 1.04. The highest BCUT2D eigenvalue weighted by molar-refractivity contribution is 9.10. The molecule has 0 atom stereocenters. The van der Waals surface area contributed by atoms with Gasteiger partial charge >= 0.3 is 0 Å². The Labute approximate surface area is 99.3 Å². The molecule has 0 N–H and O–H groups in total. The minimum Gasteiger partial charge on any atom is -0.142 e. The molecular formula is C9H7BrS3. The minimum absolute atomic E-state index is 1.04. The first-order valence-electron chi connectivity index (χ1n) is 3.67. The lowest BCUT2D eigenvalue weighted by molar-refractivity contribution is 1.51. The van der Waals surface area contributed by atoms with Gasteiger partial charge in [0, 0.05) is 19.5 Å². The highest BCUT2D eigenvalue weighted by atomic mass is 79.9. The van der Waals surface area contributed by atoms with Gasteiger partial charge in [-0.25, -0.2) is 0 Å². The molecule has 0 aliphatic carbocycles. The number of thiol groups is 1. The zero-order valence-corrected chi connectivity index (χ0v) is 11.0. The molecule has 0 bridgehead atoms. The van der Waals surface area contributed by atoms with Gasteiger partial charge in [0.15, 0.2) is 0 Å². The van der Waals surface area contributed by atoms with Crippen molar-refractivity contribution in [2.75, 3.05) is 6.26 Å². The molecule has 0 radical (unpaired) electrons. The molecule has 0 saturated carbocycles. The van der Waals surface area contributed by atoms with Gasteiger partial charge in [0.1, 0.15) is 0 Å². The van der Waals surface area contributed by atoms with E-state index in [1.165, 1.54) is 14.3 Å². The highest BCUT2D eigenvalue weighted by Crippen LogP contribution is 2.37. The van der Waals surface area contributed by atoms with Crippen LogP contribution in [0.15, 0.2) is 31.8 Å². The molecule has 0 spiro atoms. The third kappa shape index (κ3) is 1.77. The van der Waals surface area contributed by atoms with Crippen LogP contribution in [-0.4, -0.2) is 6.26 Å². The number of halogens is 1. The lowest BCUT2D eigenvalue weighted by atomic mass is 10.3. The zero-order chi connectivity index (χ0) is 9.42. The number of benzene rings is 1. The van der Waals surface area contributed by atoms with Crippen molar-refractivity contribution >= 4 is 61.7 Å². The van der Waals surface area contributed by atoms with Gasteiger partial charge < -0.3 is 0 Å². The topological polar surface area (TPSA) is 0 Å². The summed E-state index contributed by atoms with van der Waals surface area (Å²) >= 11 is 11.5. The third-order valence-electron chi connectivity index (χ3n) is 1.80. The van der Waals surface area contributed by atoms with E-state index in [1.807, 2.05) is 17.4 Å². The molecule has 4 heteroatoms. The first-order valence-corrected chi connectivity index (χ1v) is 6.95. The molecular weight excluding hydrogens is 284 g/mol. The normalized spacial score (nSPS) is 11.0. The van der Waals surface area contributed by atoms with Gasteiger partial charge in [0.2, 0.25) is 0 Å². The van der Waals surface area contributed by atoms with Gasteiger partial charge in [-0.3, -0.25) is 0 Å². The van der Waals surface area contributed by atoms with Gasteiger partial charge in [-0.1, -0.05) is 0 Å². The quantitative estimate of drug-likeness (QED) is 0.588. The Bertz CT molecular complexity index is 447. The van der Waals surface area contributed by atoms with E-state index < -0.39 is 0 Å². The second-order valence-corrected chi connectivity index (χ2v) is 6.07. The largest absolute Gasteiger partial charge is 0.142 e. The maximum atomic E-state index is 4.47. The van der Waals surface area contributed by atoms with Crippen LogP contribution in [0.1, 0.15) is 0 Å². The molecule has 1 aromatic heterocycles. The van der Waals surface area contributed by atoms with E-state index in [0.717, 1.165) is 9.37 Å². The number of fused-ring (bicyclic) bond motifs is 1. The smallest absolute Gasteiger partial charge is 0.0608 e. The van der Waals surface area contributed by atoms with Crippen LogP contribution in [0, 0.1) is 0 Å². The maximum Gasteiger partial charge on any atom is 0.0608 e. The van der Waals surface area contributed by atoms with Crippen molar-refractivity contribution in [1.29, 1.82) is 0 Å². The molecule has 2 rings (SSSR count). The van der Waals surface area contributed by atoms with Crippen LogP contribution in [-0.2, 0) is 0 Å². The SMILES string of the molecule is CSc1cc2c(S)c(Br)ccc2s1. The highest BCUT2D eigenvalue weighted by Gasteiger charge is 2.05. The Morgan fingerprint density at radius 1 is 1.46 bits per heavy atom. The summed E-state index contributed by atoms with van der Waals surface area (Å²) in [6, 6.07) is 6.37. The Kier molecular flexibility index (Phi) is 2.93. The van der Waals surface area contributed by atoms with E-state index in [-0.39, 0.29) is 0 Å². The Balaban J connectivity index is 2.76. The summed E-state index contributed by atoms with van der Waals surface area (Å²) in [4.78, 5) is 1.04. The molecule has 0 aliphatic heterocycles. The predicted octanol–water partition coefficient (Wildman–Crippen LogP) is 4.67. The second kappa shape index (κ2) is 3.85. The van der Waals surface area contributed by atoms with Crippen LogP contribution in [0.2, 0.25) is 0 Å². The summed E-state index contributed by atoms with van der Waals surface area (Å²) in [6.07, 6.45) is 2.10. The van der Waals surface area contributed by atoms with Gasteiger partial charge in [0.05, 0.1) is 4.21 Å². The van der Waals surface area contributed by atoms with Crippen LogP contribution in [0.25, 0.3) is 10.1 Å². The summed E-state index contributed by atoms with van der Waals surface area (Å²) in [5, 5.41) is 1.24. The molecule has 0 nitrogen and oxygen atoms in total. The molecule has 13 heavy (non-hydrogen) atoms. The van der Waals surface area contributed by atoms with Gasteiger partial charge in [-0.15, -0.1) is 35.7 Å². The number of thioether (sulfide) groups is 1. The molecule has 0 aliphatic rings. The average molecular weight is 291 g/mol. The third-order valence-corrected chi connectivity index (χ3v) is 5.42. The standard InChI is InChI=1S/C9H7BrS3/c1-12-8-4-5-7(13-8)3-2-6(10)9(5)11/h2-4,11H,1H3. The summed E-state index contributed by atoms with van der Waals surface area (Å²) in [6.45, 7) is 0. The first-order chi connectivity index (χ1) is 6.22. The lowest BCUT2D eigenvalue weighted by Gasteiger charge is -1.96. The Morgan fingerprint density at radius 2 is 2.23 bits per heavy atom. The van der Waals surface area contributed by atoms with E-state index in [0.29, 0.717) is 0 Å². The zero-order valence-electron chi connectivity index (χ0n) is 6.87. The van der Waals surface area contributed by atoms with E-state index in [4.69, 9.17) is 0 Å². The fourth-order valence-corrected chi connectivity index (χ4v) is 3.47. The second-order valence-electron chi connectivity index (χ2n) is 2.58. The molecule has 0 fully saturated rings. The Hall–Kier alpha value is 0.360. The fourth-order valence-electron chi connectivity index (χ4n) is 1.15. The molecule has 1 aromatic carbocycles. The van der Waals surface area contributed by atoms with Crippen molar-refractivity contribution in [3.63, 3.8) is 0 Å². The van der Waals surface area contributed by atoms with Gasteiger partial charge in [-0.05, 0) is 40.4 Å². The van der Waals surface area contributed by atoms with Crippen molar-refractivity contribution in [2.24, 2.45) is 0 Å². The summed E-state index contributed by atoms with van der Waals surface area (Å²) in [7, 11) is 0. The predicted molar refractivity (Wildman–Crippen MR) is 68.6 cm³/mol. The van der Waals surface area contributed by atoms with Crippen LogP contribution < -0.4 is 0 Å². The molecule has 68 valence electrons. The molecule has 0 unspecified atom stereocenters. The molecule has 2 aromatic rings. The monoisotopic (exact) mass is 290 g/mol. The lowest BCUT2D eigenvalue weighted by Crippen LogP contribution is -1.69. The van der Waals surface area contributed by atoms with Crippen LogP contribution in [0.4, 0.5) is 0 Å². The first kappa shape index (κ1) is 9.90. The van der Waals surface area contributed by atoms with Crippen LogP contribution >= 0.6 is 51.7 Å². The number of hydrogen-bond donors (Lipinski definition) is 1. The van der Waals surface area contributed by atoms with Crippen molar-refractivity contribution < 1.29 is 0 Å². The number of rotatable bonds is 1. The van der Waals surface area contributed by atoms with Crippen molar-refractivity contribution in [3.8, 4) is 0 Å². The van der Waals surface area contributed by atoms with E-state index in [9.17, 15) is 0 Å². The van der Waals surface area contributed by atoms with Crippen LogP contribution in [0.5, 0.6) is 0 Å². The van der Waals surface area contributed by atoms with Gasteiger partial charge in [0.25, 0.3) is 0 Å². The van der Waals surface area contributed by atoms with Crippen molar-refractivity contribution in [1.82, 2.24) is 0 Å². The fraction of sp³-hybridized carbons (Fsp3) is 0.111. The van der Waals surface area contributed by atoms with E-state index in [1.54, 1.807) is 11.8 Å². The van der Waals surface area contributed by atoms with E-state index in [2.05, 4.69) is 46.9 Å². The van der Waals surface area contributed by atoms with E-state index >= 15 is 0 Å². The maximum absolute atomic E-state index is 4.47. The molecule has 0 saturated heterocycles. The van der Waals surface area contributed by atoms with Gasteiger partial charge in [-0.2, -0.15) is 0 Å². The molecule has 0 amide bonds.